The van der Waals surface area contributed by atoms with Crippen LogP contribution in [-0.2, 0) is 16.0 Å². The number of hydrogen-bond donors (Lipinski definition) is 1. The van der Waals surface area contributed by atoms with Crippen LogP contribution >= 0.6 is 0 Å². The fraction of sp³-hybridized carbons (Fsp3) is 0.318. The van der Waals surface area contributed by atoms with Crippen molar-refractivity contribution in [1.82, 2.24) is 9.88 Å². The zero-order valence-corrected chi connectivity index (χ0v) is 15.7. The number of benzene rings is 2. The van der Waals surface area contributed by atoms with Gasteiger partial charge in [0.25, 0.3) is 0 Å². The van der Waals surface area contributed by atoms with Crippen LogP contribution in [-0.4, -0.2) is 42.7 Å². The Balaban J connectivity index is 1.85. The second kappa shape index (κ2) is 7.45. The summed E-state index contributed by atoms with van der Waals surface area (Å²) in [4.78, 5) is 18.2. The maximum absolute atomic E-state index is 12.8. The van der Waals surface area contributed by atoms with Gasteiger partial charge in [0.1, 0.15) is 12.4 Å². The van der Waals surface area contributed by atoms with Crippen LogP contribution in [0.2, 0.25) is 0 Å². The van der Waals surface area contributed by atoms with Crippen LogP contribution in [0.15, 0.2) is 48.5 Å². The summed E-state index contributed by atoms with van der Waals surface area (Å²) in [6, 6.07) is 16.2. The number of para-hydroxylation sites is 1. The van der Waals surface area contributed by atoms with E-state index >= 15 is 0 Å². The van der Waals surface area contributed by atoms with Gasteiger partial charge in [0, 0.05) is 30.3 Å². The minimum Gasteiger partial charge on any atom is -0.494 e. The van der Waals surface area contributed by atoms with Crippen molar-refractivity contribution >= 4 is 16.8 Å². The molecule has 2 aromatic carbocycles. The van der Waals surface area contributed by atoms with Gasteiger partial charge >= 0.3 is 0 Å². The Labute approximate surface area is 158 Å². The number of rotatable bonds is 5. The standard InChI is InChI=1S/C22H24N2O3/c1-3-27-16-8-6-7-15(13-16)22-21-18(11-12-24(22)20(25)14-26-2)17-9-4-5-10-19(17)23-21/h4-10,13,22-23H,3,11-12,14H2,1-2H3/t22-/m1/s1. The second-order valence-corrected chi connectivity index (χ2v) is 6.74. The number of methoxy groups -OCH3 is 1. The minimum absolute atomic E-state index is 0.00591. The number of nitrogens with zero attached hydrogens (tertiary/aromatic N) is 1. The van der Waals surface area contributed by atoms with Gasteiger partial charge in [0.2, 0.25) is 5.91 Å². The van der Waals surface area contributed by atoms with Gasteiger partial charge in [0.05, 0.1) is 12.6 Å². The zero-order chi connectivity index (χ0) is 18.8. The van der Waals surface area contributed by atoms with Crippen molar-refractivity contribution in [3.63, 3.8) is 0 Å². The van der Waals surface area contributed by atoms with Gasteiger partial charge in [-0.1, -0.05) is 30.3 Å². The molecular weight excluding hydrogens is 340 g/mol. The number of aromatic nitrogens is 1. The first-order chi connectivity index (χ1) is 13.2. The van der Waals surface area contributed by atoms with Crippen molar-refractivity contribution in [2.75, 3.05) is 26.9 Å². The summed E-state index contributed by atoms with van der Waals surface area (Å²) in [5.74, 6) is 0.811. The average molecular weight is 364 g/mol. The van der Waals surface area contributed by atoms with Crippen molar-refractivity contribution in [3.05, 3.63) is 65.4 Å². The maximum Gasteiger partial charge on any atom is 0.249 e. The fourth-order valence-electron chi connectivity index (χ4n) is 4.00. The number of amides is 1. The number of fused-ring (bicyclic) bond motifs is 3. The zero-order valence-electron chi connectivity index (χ0n) is 15.7. The molecule has 0 saturated carbocycles. The molecule has 0 bridgehead atoms. The lowest BCUT2D eigenvalue weighted by Crippen LogP contribution is -2.42. The molecule has 0 spiro atoms. The summed E-state index contributed by atoms with van der Waals surface area (Å²) < 4.78 is 10.8. The molecule has 0 unspecified atom stereocenters. The van der Waals surface area contributed by atoms with E-state index in [0.717, 1.165) is 28.9 Å². The van der Waals surface area contributed by atoms with E-state index in [0.29, 0.717) is 13.2 Å². The third-order valence-corrected chi connectivity index (χ3v) is 5.11. The van der Waals surface area contributed by atoms with Gasteiger partial charge < -0.3 is 19.4 Å². The number of nitrogens with one attached hydrogen (secondary N) is 1. The van der Waals surface area contributed by atoms with E-state index in [-0.39, 0.29) is 18.6 Å². The Morgan fingerprint density at radius 1 is 1.22 bits per heavy atom. The van der Waals surface area contributed by atoms with E-state index in [1.54, 1.807) is 7.11 Å². The number of aromatic amines is 1. The van der Waals surface area contributed by atoms with Crippen molar-refractivity contribution in [2.24, 2.45) is 0 Å². The number of carbonyl (C=O) groups is 1. The van der Waals surface area contributed by atoms with E-state index in [2.05, 4.69) is 29.2 Å². The van der Waals surface area contributed by atoms with Crippen molar-refractivity contribution in [3.8, 4) is 5.75 Å². The predicted octanol–water partition coefficient (Wildman–Crippen LogP) is 3.69. The molecule has 2 heterocycles. The quantitative estimate of drug-likeness (QED) is 0.751. The lowest BCUT2D eigenvalue weighted by atomic mass is 9.92. The summed E-state index contributed by atoms with van der Waals surface area (Å²) >= 11 is 0. The molecule has 140 valence electrons. The molecular formula is C22H24N2O3. The first-order valence-corrected chi connectivity index (χ1v) is 9.33. The highest BCUT2D eigenvalue weighted by Crippen LogP contribution is 2.39. The van der Waals surface area contributed by atoms with Gasteiger partial charge in [-0.05, 0) is 42.7 Å². The number of ether oxygens (including phenoxy) is 2. The summed E-state index contributed by atoms with van der Waals surface area (Å²) in [5.41, 5.74) is 4.52. The van der Waals surface area contributed by atoms with Gasteiger partial charge in [-0.2, -0.15) is 0 Å². The normalized spacial score (nSPS) is 16.4. The fourth-order valence-corrected chi connectivity index (χ4v) is 4.00. The summed E-state index contributed by atoms with van der Waals surface area (Å²) in [6.07, 6.45) is 0.830. The average Bonchev–Trinajstić information content (AvgIpc) is 3.06. The third-order valence-electron chi connectivity index (χ3n) is 5.11. The summed E-state index contributed by atoms with van der Waals surface area (Å²) in [5, 5.41) is 1.23. The molecule has 5 nitrogen and oxygen atoms in total. The van der Waals surface area contributed by atoms with Crippen molar-refractivity contribution in [2.45, 2.75) is 19.4 Å². The smallest absolute Gasteiger partial charge is 0.249 e. The molecule has 1 aliphatic heterocycles. The van der Waals surface area contributed by atoms with Crippen LogP contribution in [0, 0.1) is 0 Å². The molecule has 1 amide bonds. The van der Waals surface area contributed by atoms with Gasteiger partial charge in [-0.25, -0.2) is 0 Å². The largest absolute Gasteiger partial charge is 0.494 e. The van der Waals surface area contributed by atoms with E-state index in [1.807, 2.05) is 36.1 Å². The van der Waals surface area contributed by atoms with E-state index in [9.17, 15) is 4.79 Å². The molecule has 1 atom stereocenters. The van der Waals surface area contributed by atoms with Crippen LogP contribution in [0.1, 0.15) is 29.8 Å². The summed E-state index contributed by atoms with van der Waals surface area (Å²) in [6.45, 7) is 3.33. The van der Waals surface area contributed by atoms with E-state index < -0.39 is 0 Å². The first kappa shape index (κ1) is 17.6. The van der Waals surface area contributed by atoms with Crippen LogP contribution in [0.25, 0.3) is 10.9 Å². The lowest BCUT2D eigenvalue weighted by molar-refractivity contribution is -0.137. The van der Waals surface area contributed by atoms with Crippen molar-refractivity contribution < 1.29 is 14.3 Å². The maximum atomic E-state index is 12.8. The Morgan fingerprint density at radius 2 is 2.07 bits per heavy atom. The van der Waals surface area contributed by atoms with Crippen LogP contribution in [0.4, 0.5) is 0 Å². The molecule has 1 aliphatic rings. The van der Waals surface area contributed by atoms with Gasteiger partial charge in [-0.3, -0.25) is 4.79 Å². The number of H-pyrrole nitrogens is 1. The molecule has 1 N–H and O–H groups in total. The third kappa shape index (κ3) is 3.19. The van der Waals surface area contributed by atoms with Crippen LogP contribution < -0.4 is 4.74 Å². The Bertz CT molecular complexity index is 963. The molecule has 0 aliphatic carbocycles. The molecule has 1 aromatic heterocycles. The van der Waals surface area contributed by atoms with E-state index in [1.165, 1.54) is 10.9 Å². The second-order valence-electron chi connectivity index (χ2n) is 6.74. The highest BCUT2D eigenvalue weighted by atomic mass is 16.5. The lowest BCUT2D eigenvalue weighted by Gasteiger charge is -2.36. The van der Waals surface area contributed by atoms with Crippen LogP contribution in [0.5, 0.6) is 5.75 Å². The molecule has 0 radical (unpaired) electrons. The molecule has 27 heavy (non-hydrogen) atoms. The first-order valence-electron chi connectivity index (χ1n) is 9.33. The monoisotopic (exact) mass is 364 g/mol. The van der Waals surface area contributed by atoms with Crippen molar-refractivity contribution in [1.29, 1.82) is 0 Å². The summed E-state index contributed by atoms with van der Waals surface area (Å²) in [7, 11) is 1.56. The molecule has 4 rings (SSSR count). The molecule has 0 fully saturated rings. The van der Waals surface area contributed by atoms with E-state index in [4.69, 9.17) is 9.47 Å². The number of hydrogen-bond acceptors (Lipinski definition) is 3. The predicted molar refractivity (Wildman–Crippen MR) is 105 cm³/mol. The van der Waals surface area contributed by atoms with Crippen LogP contribution in [0.3, 0.4) is 0 Å². The molecule has 3 aromatic rings. The van der Waals surface area contributed by atoms with Gasteiger partial charge in [-0.15, -0.1) is 0 Å². The van der Waals surface area contributed by atoms with Gasteiger partial charge in [0.15, 0.2) is 0 Å². The Hall–Kier alpha value is -2.79. The molecule has 0 saturated heterocycles. The minimum atomic E-state index is -0.177. The highest BCUT2D eigenvalue weighted by molar-refractivity contribution is 5.86. The SMILES string of the molecule is CCOc1cccc([C@@H]2c3[nH]c4ccccc4c3CCN2C(=O)COC)c1. The Kier molecular flexibility index (Phi) is 4.86. The topological polar surface area (TPSA) is 54.6 Å². The highest BCUT2D eigenvalue weighted by Gasteiger charge is 2.34. The molecule has 5 heteroatoms. The number of carbonyl (C=O) groups excluding carboxylic acids is 1. The Morgan fingerprint density at radius 3 is 2.89 bits per heavy atom.